The molecule has 1 saturated heterocycles. The molecule has 0 aromatic heterocycles. The van der Waals surface area contributed by atoms with Gasteiger partial charge in [-0.05, 0) is 23.8 Å². The molecule has 1 aliphatic rings. The Balaban J connectivity index is 2.27. The van der Waals surface area contributed by atoms with E-state index in [4.69, 9.17) is 40.5 Å². The standard InChI is InChI=1S/C12H7Cl2NO3S2/c13-7-2-1-6(3-8(7)14)4-9-11(18)15(5-10(16)17)12(19)20-9/h1-4H,5H2,(H,16,17). The van der Waals surface area contributed by atoms with E-state index < -0.39 is 18.4 Å². The molecule has 0 aliphatic carbocycles. The van der Waals surface area contributed by atoms with Crippen LogP contribution in [0.4, 0.5) is 0 Å². The van der Waals surface area contributed by atoms with E-state index in [1.165, 1.54) is 0 Å². The highest BCUT2D eigenvalue weighted by atomic mass is 35.5. The van der Waals surface area contributed by atoms with E-state index in [1.54, 1.807) is 24.3 Å². The van der Waals surface area contributed by atoms with Crippen LogP contribution in [-0.4, -0.2) is 32.7 Å². The highest BCUT2D eigenvalue weighted by molar-refractivity contribution is 8.26. The number of hydrogen-bond acceptors (Lipinski definition) is 4. The van der Waals surface area contributed by atoms with Gasteiger partial charge in [0.2, 0.25) is 0 Å². The van der Waals surface area contributed by atoms with Crippen molar-refractivity contribution in [3.63, 3.8) is 0 Å². The van der Waals surface area contributed by atoms with Crippen molar-refractivity contribution in [2.45, 2.75) is 0 Å². The van der Waals surface area contributed by atoms with Crippen molar-refractivity contribution in [1.29, 1.82) is 0 Å². The molecule has 0 radical (unpaired) electrons. The molecule has 104 valence electrons. The molecule has 0 saturated carbocycles. The first-order valence-corrected chi connectivity index (χ1v) is 7.29. The minimum atomic E-state index is -1.11. The van der Waals surface area contributed by atoms with Gasteiger partial charge in [0.25, 0.3) is 5.91 Å². The van der Waals surface area contributed by atoms with Crippen molar-refractivity contribution in [3.8, 4) is 0 Å². The molecule has 1 aromatic carbocycles. The van der Waals surface area contributed by atoms with E-state index in [-0.39, 0.29) is 4.32 Å². The minimum Gasteiger partial charge on any atom is -0.480 e. The van der Waals surface area contributed by atoms with Crippen molar-refractivity contribution in [3.05, 3.63) is 38.7 Å². The van der Waals surface area contributed by atoms with Crippen LogP contribution in [0.2, 0.25) is 10.0 Å². The second kappa shape index (κ2) is 6.13. The predicted octanol–water partition coefficient (Wildman–Crippen LogP) is 3.28. The summed E-state index contributed by atoms with van der Waals surface area (Å²) < 4.78 is 0.226. The number of benzene rings is 1. The van der Waals surface area contributed by atoms with Gasteiger partial charge in [-0.2, -0.15) is 0 Å². The van der Waals surface area contributed by atoms with E-state index in [1.807, 2.05) is 0 Å². The van der Waals surface area contributed by atoms with E-state index >= 15 is 0 Å². The van der Waals surface area contributed by atoms with Gasteiger partial charge in [0.15, 0.2) is 0 Å². The number of amides is 1. The fraction of sp³-hybridized carbons (Fsp3) is 0.0833. The van der Waals surface area contributed by atoms with Crippen molar-refractivity contribution in [2.75, 3.05) is 6.54 Å². The molecule has 1 aliphatic heterocycles. The summed E-state index contributed by atoms with van der Waals surface area (Å²) in [4.78, 5) is 24.1. The molecule has 1 aromatic rings. The molecular formula is C12H7Cl2NO3S2. The quantitative estimate of drug-likeness (QED) is 0.671. The maximum atomic E-state index is 12.0. The molecule has 1 amide bonds. The normalized spacial score (nSPS) is 17.1. The lowest BCUT2D eigenvalue weighted by Crippen LogP contribution is -2.33. The summed E-state index contributed by atoms with van der Waals surface area (Å²) in [6.45, 7) is -0.441. The fourth-order valence-electron chi connectivity index (χ4n) is 1.53. The number of thioether (sulfide) groups is 1. The van der Waals surface area contributed by atoms with Gasteiger partial charge in [0.1, 0.15) is 10.9 Å². The van der Waals surface area contributed by atoms with Gasteiger partial charge in [-0.15, -0.1) is 0 Å². The lowest BCUT2D eigenvalue weighted by molar-refractivity contribution is -0.140. The molecule has 20 heavy (non-hydrogen) atoms. The van der Waals surface area contributed by atoms with Crippen LogP contribution in [0, 0.1) is 0 Å². The predicted molar refractivity (Wildman–Crippen MR) is 84.0 cm³/mol. The number of carboxylic acids is 1. The van der Waals surface area contributed by atoms with Gasteiger partial charge in [-0.1, -0.05) is 53.2 Å². The zero-order chi connectivity index (χ0) is 14.9. The van der Waals surface area contributed by atoms with Crippen LogP contribution in [0.25, 0.3) is 6.08 Å². The maximum Gasteiger partial charge on any atom is 0.323 e. The second-order valence-corrected chi connectivity index (χ2v) is 6.33. The Labute approximate surface area is 134 Å². The molecule has 0 spiro atoms. The number of carboxylic acid groups (broad SMARTS) is 1. The van der Waals surface area contributed by atoms with Crippen LogP contribution in [0.1, 0.15) is 5.56 Å². The Morgan fingerprint density at radius 3 is 2.70 bits per heavy atom. The Morgan fingerprint density at radius 1 is 1.40 bits per heavy atom. The number of halogens is 2. The second-order valence-electron chi connectivity index (χ2n) is 3.84. The first-order chi connectivity index (χ1) is 9.38. The average Bonchev–Trinajstić information content (AvgIpc) is 2.61. The SMILES string of the molecule is O=C(O)CN1C(=O)C(=Cc2ccc(Cl)c(Cl)c2)SC1=S. The Morgan fingerprint density at radius 2 is 2.10 bits per heavy atom. The molecular weight excluding hydrogens is 341 g/mol. The van der Waals surface area contributed by atoms with Gasteiger partial charge < -0.3 is 5.11 Å². The van der Waals surface area contributed by atoms with E-state index in [0.717, 1.165) is 16.7 Å². The van der Waals surface area contributed by atoms with Crippen LogP contribution >= 0.6 is 47.2 Å². The zero-order valence-corrected chi connectivity index (χ0v) is 12.9. The summed E-state index contributed by atoms with van der Waals surface area (Å²) in [6, 6.07) is 4.94. The molecule has 4 nitrogen and oxygen atoms in total. The smallest absolute Gasteiger partial charge is 0.323 e. The lowest BCUT2D eigenvalue weighted by atomic mass is 10.2. The number of hydrogen-bond donors (Lipinski definition) is 1. The largest absolute Gasteiger partial charge is 0.480 e. The summed E-state index contributed by atoms with van der Waals surface area (Å²) in [7, 11) is 0. The summed E-state index contributed by atoms with van der Waals surface area (Å²) >= 11 is 17.8. The number of thiocarbonyl (C=S) groups is 1. The molecule has 8 heteroatoms. The molecule has 1 fully saturated rings. The molecule has 0 bridgehead atoms. The van der Waals surface area contributed by atoms with Gasteiger partial charge >= 0.3 is 5.97 Å². The third-order valence-corrected chi connectivity index (χ3v) is 4.53. The Hall–Kier alpha value is -1.08. The van der Waals surface area contributed by atoms with E-state index in [9.17, 15) is 9.59 Å². The molecule has 0 unspecified atom stereocenters. The Kier molecular flexibility index (Phi) is 4.70. The minimum absolute atomic E-state index is 0.226. The summed E-state index contributed by atoms with van der Waals surface area (Å²) in [6.07, 6.45) is 1.60. The fourth-order valence-corrected chi connectivity index (χ4v) is 3.09. The van der Waals surface area contributed by atoms with E-state index in [2.05, 4.69) is 0 Å². The highest BCUT2D eigenvalue weighted by Crippen LogP contribution is 2.33. The highest BCUT2D eigenvalue weighted by Gasteiger charge is 2.33. The van der Waals surface area contributed by atoms with Crippen LogP contribution < -0.4 is 0 Å². The van der Waals surface area contributed by atoms with Crippen LogP contribution in [0.5, 0.6) is 0 Å². The molecule has 2 rings (SSSR count). The van der Waals surface area contributed by atoms with Crippen molar-refractivity contribution in [1.82, 2.24) is 4.90 Å². The van der Waals surface area contributed by atoms with Crippen molar-refractivity contribution in [2.24, 2.45) is 0 Å². The van der Waals surface area contributed by atoms with Gasteiger partial charge in [0.05, 0.1) is 15.0 Å². The van der Waals surface area contributed by atoms with Crippen molar-refractivity contribution < 1.29 is 14.7 Å². The van der Waals surface area contributed by atoms with Gasteiger partial charge in [-0.25, -0.2) is 0 Å². The summed E-state index contributed by atoms with van der Waals surface area (Å²) in [5.41, 5.74) is 0.690. The van der Waals surface area contributed by atoms with Crippen LogP contribution in [0.15, 0.2) is 23.1 Å². The number of rotatable bonds is 3. The summed E-state index contributed by atoms with van der Waals surface area (Å²) in [5, 5.41) is 9.53. The molecule has 1 N–H and O–H groups in total. The lowest BCUT2D eigenvalue weighted by Gasteiger charge is -2.10. The number of nitrogens with zero attached hydrogens (tertiary/aromatic N) is 1. The Bertz CT molecular complexity index is 646. The molecule has 0 atom stereocenters. The van der Waals surface area contributed by atoms with Gasteiger partial charge in [0, 0.05) is 0 Å². The van der Waals surface area contributed by atoms with Gasteiger partial charge in [-0.3, -0.25) is 14.5 Å². The monoisotopic (exact) mass is 347 g/mol. The third kappa shape index (κ3) is 3.32. The number of carbonyl (C=O) groups excluding carboxylic acids is 1. The maximum absolute atomic E-state index is 12.0. The third-order valence-electron chi connectivity index (χ3n) is 2.41. The topological polar surface area (TPSA) is 57.6 Å². The molecule has 1 heterocycles. The van der Waals surface area contributed by atoms with Crippen molar-refractivity contribution >= 4 is 69.5 Å². The van der Waals surface area contributed by atoms with Crippen LogP contribution in [-0.2, 0) is 9.59 Å². The first-order valence-electron chi connectivity index (χ1n) is 5.30. The number of aliphatic carboxylic acids is 1. The average molecular weight is 348 g/mol. The van der Waals surface area contributed by atoms with Crippen LogP contribution in [0.3, 0.4) is 0 Å². The summed E-state index contributed by atoms with van der Waals surface area (Å²) in [5.74, 6) is -1.54. The number of carbonyl (C=O) groups is 2. The zero-order valence-electron chi connectivity index (χ0n) is 9.80. The van der Waals surface area contributed by atoms with E-state index in [0.29, 0.717) is 20.5 Å². The first kappa shape index (κ1) is 15.3.